The maximum atomic E-state index is 13.1. The van der Waals surface area contributed by atoms with Gasteiger partial charge in [0.2, 0.25) is 17.7 Å². The van der Waals surface area contributed by atoms with Crippen molar-refractivity contribution in [2.24, 2.45) is 11.7 Å². The molecule has 0 saturated heterocycles. The number of hydrogen-bond donors (Lipinski definition) is 8. The lowest BCUT2D eigenvalue weighted by Gasteiger charge is -2.26. The van der Waals surface area contributed by atoms with Crippen LogP contribution in [0, 0.1) is 5.92 Å². The van der Waals surface area contributed by atoms with Crippen molar-refractivity contribution >= 4 is 42.3 Å². The molecule has 3 amide bonds. The number of nitrogens with two attached hydrogens (primary N) is 1. The van der Waals surface area contributed by atoms with E-state index in [1.807, 2.05) is 0 Å². The van der Waals surface area contributed by atoms with Gasteiger partial charge >= 0.3 is 11.9 Å². The first-order chi connectivity index (χ1) is 16.3. The van der Waals surface area contributed by atoms with Crippen LogP contribution in [0.15, 0.2) is 24.3 Å². The Morgan fingerprint density at radius 1 is 0.914 bits per heavy atom. The second kappa shape index (κ2) is 14.2. The summed E-state index contributed by atoms with van der Waals surface area (Å²) in [4.78, 5) is 60.7. The van der Waals surface area contributed by atoms with Crippen molar-refractivity contribution in [1.29, 1.82) is 0 Å². The molecule has 194 valence electrons. The van der Waals surface area contributed by atoms with Gasteiger partial charge in [0.15, 0.2) is 0 Å². The maximum absolute atomic E-state index is 13.1. The van der Waals surface area contributed by atoms with E-state index in [4.69, 9.17) is 10.8 Å². The molecular weight excluding hydrogens is 480 g/mol. The Balaban J connectivity index is 3.14. The summed E-state index contributed by atoms with van der Waals surface area (Å²) in [6.45, 7) is 3.16. The molecule has 8 N–H and O–H groups in total. The van der Waals surface area contributed by atoms with Crippen LogP contribution in [-0.4, -0.2) is 74.9 Å². The van der Waals surface area contributed by atoms with Gasteiger partial charge in [-0.1, -0.05) is 26.0 Å². The molecule has 0 heterocycles. The quantitative estimate of drug-likeness (QED) is 0.147. The number of aromatic hydroxyl groups is 1. The number of nitrogens with one attached hydrogen (secondary N) is 3. The minimum absolute atomic E-state index is 0.000531. The SMILES string of the molecule is CC(C)C(NC(=O)C(CCC(=O)O)NC(=O)C(Cc1ccc(O)cc1)NC(=O)C(N)CS)C(=O)O. The number of phenolic OH excluding ortho intramolecular Hbond substituents is 1. The number of carbonyl (C=O) groups excluding carboxylic acids is 3. The number of hydrogen-bond acceptors (Lipinski definition) is 8. The highest BCUT2D eigenvalue weighted by molar-refractivity contribution is 7.80. The van der Waals surface area contributed by atoms with Crippen LogP contribution in [0.5, 0.6) is 5.75 Å². The minimum atomic E-state index is -1.38. The van der Waals surface area contributed by atoms with Crippen molar-refractivity contribution in [3.05, 3.63) is 29.8 Å². The largest absolute Gasteiger partial charge is 0.508 e. The van der Waals surface area contributed by atoms with E-state index in [-0.39, 0.29) is 24.3 Å². The Labute approximate surface area is 208 Å². The van der Waals surface area contributed by atoms with Gasteiger partial charge in [-0.2, -0.15) is 12.6 Å². The third kappa shape index (κ3) is 10.2. The van der Waals surface area contributed by atoms with Crippen molar-refractivity contribution in [3.63, 3.8) is 0 Å². The van der Waals surface area contributed by atoms with Crippen LogP contribution in [-0.2, 0) is 30.4 Å². The van der Waals surface area contributed by atoms with Crippen LogP contribution in [0.25, 0.3) is 0 Å². The van der Waals surface area contributed by atoms with Crippen molar-refractivity contribution in [1.82, 2.24) is 16.0 Å². The van der Waals surface area contributed by atoms with Crippen LogP contribution < -0.4 is 21.7 Å². The Kier molecular flexibility index (Phi) is 12.0. The van der Waals surface area contributed by atoms with Gasteiger partial charge in [0, 0.05) is 18.6 Å². The van der Waals surface area contributed by atoms with Gasteiger partial charge in [-0.3, -0.25) is 19.2 Å². The molecule has 1 aromatic carbocycles. The Hall–Kier alpha value is -3.32. The lowest BCUT2D eigenvalue weighted by molar-refractivity contribution is -0.144. The van der Waals surface area contributed by atoms with Gasteiger partial charge in [0.25, 0.3) is 0 Å². The third-order valence-corrected chi connectivity index (χ3v) is 5.45. The van der Waals surface area contributed by atoms with Gasteiger partial charge < -0.3 is 37.0 Å². The fourth-order valence-electron chi connectivity index (χ4n) is 3.02. The fourth-order valence-corrected chi connectivity index (χ4v) is 3.18. The van der Waals surface area contributed by atoms with E-state index in [1.54, 1.807) is 13.8 Å². The molecule has 0 fully saturated rings. The Morgan fingerprint density at radius 2 is 1.46 bits per heavy atom. The summed E-state index contributed by atoms with van der Waals surface area (Å²) in [6.07, 6.45) is -0.821. The van der Waals surface area contributed by atoms with E-state index in [2.05, 4.69) is 28.6 Å². The molecule has 4 unspecified atom stereocenters. The number of phenols is 1. The summed E-state index contributed by atoms with van der Waals surface area (Å²) in [5.41, 5.74) is 6.25. The lowest BCUT2D eigenvalue weighted by atomic mass is 10.0. The molecule has 0 aliphatic heterocycles. The van der Waals surface area contributed by atoms with E-state index >= 15 is 0 Å². The van der Waals surface area contributed by atoms with Gasteiger partial charge in [-0.05, 0) is 30.0 Å². The first kappa shape index (κ1) is 29.7. The summed E-state index contributed by atoms with van der Waals surface area (Å²) in [6, 6.07) is 1.01. The summed E-state index contributed by atoms with van der Waals surface area (Å²) in [5, 5.41) is 35.1. The summed E-state index contributed by atoms with van der Waals surface area (Å²) >= 11 is 3.96. The minimum Gasteiger partial charge on any atom is -0.508 e. The Morgan fingerprint density at radius 3 is 1.94 bits per heavy atom. The second-order valence-corrected chi connectivity index (χ2v) is 8.65. The number of carboxylic acids is 2. The molecule has 1 rings (SSSR count). The van der Waals surface area contributed by atoms with Gasteiger partial charge in [-0.15, -0.1) is 0 Å². The molecule has 0 radical (unpaired) electrons. The molecule has 0 aromatic heterocycles. The average Bonchev–Trinajstić information content (AvgIpc) is 2.79. The van der Waals surface area contributed by atoms with E-state index in [1.165, 1.54) is 24.3 Å². The molecule has 0 bridgehead atoms. The fraction of sp³-hybridized carbons (Fsp3) is 0.500. The highest BCUT2D eigenvalue weighted by atomic mass is 32.1. The molecule has 13 heteroatoms. The number of thiol groups is 1. The van der Waals surface area contributed by atoms with Crippen molar-refractivity contribution in [2.75, 3.05) is 5.75 Å². The number of amides is 3. The molecule has 12 nitrogen and oxygen atoms in total. The molecule has 0 saturated carbocycles. The number of rotatable bonds is 14. The molecule has 0 aliphatic rings. The van der Waals surface area contributed by atoms with Crippen LogP contribution in [0.2, 0.25) is 0 Å². The Bertz CT molecular complexity index is 909. The highest BCUT2D eigenvalue weighted by Crippen LogP contribution is 2.12. The van der Waals surface area contributed by atoms with Gasteiger partial charge in [0.1, 0.15) is 23.9 Å². The zero-order chi connectivity index (χ0) is 26.7. The van der Waals surface area contributed by atoms with Crippen molar-refractivity contribution in [2.45, 2.75) is 57.3 Å². The molecule has 0 spiro atoms. The number of aliphatic carboxylic acids is 2. The number of benzene rings is 1. The second-order valence-electron chi connectivity index (χ2n) is 8.28. The lowest BCUT2D eigenvalue weighted by Crippen LogP contribution is -2.58. The van der Waals surface area contributed by atoms with Gasteiger partial charge in [0.05, 0.1) is 6.04 Å². The maximum Gasteiger partial charge on any atom is 0.326 e. The summed E-state index contributed by atoms with van der Waals surface area (Å²) in [5.74, 6) is -5.32. The average molecular weight is 513 g/mol. The van der Waals surface area contributed by atoms with E-state index in [0.29, 0.717) is 5.56 Å². The predicted molar refractivity (Wildman–Crippen MR) is 129 cm³/mol. The standard InChI is InChI=1S/C22H32N4O8S/c1-11(2)18(22(33)34)26-20(31)15(7-8-17(28)29)24-21(32)16(25-19(30)14(23)10-35)9-12-3-5-13(27)6-4-12/h3-6,11,14-16,18,27,35H,7-10,23H2,1-2H3,(H,24,32)(H,25,30)(H,26,31)(H,28,29)(H,33,34). The predicted octanol–water partition coefficient (Wildman–Crippen LogP) is -0.748. The van der Waals surface area contributed by atoms with Crippen LogP contribution in [0.1, 0.15) is 32.3 Å². The smallest absolute Gasteiger partial charge is 0.326 e. The molecule has 35 heavy (non-hydrogen) atoms. The van der Waals surface area contributed by atoms with E-state index in [0.717, 1.165) is 0 Å². The van der Waals surface area contributed by atoms with Crippen molar-refractivity contribution < 1.29 is 39.3 Å². The van der Waals surface area contributed by atoms with Crippen LogP contribution >= 0.6 is 12.6 Å². The zero-order valence-electron chi connectivity index (χ0n) is 19.4. The summed E-state index contributed by atoms with van der Waals surface area (Å²) in [7, 11) is 0. The van der Waals surface area contributed by atoms with Crippen molar-refractivity contribution in [3.8, 4) is 5.75 Å². The summed E-state index contributed by atoms with van der Waals surface area (Å²) < 4.78 is 0. The van der Waals surface area contributed by atoms with Gasteiger partial charge in [-0.25, -0.2) is 4.79 Å². The molecular formula is C22H32N4O8S. The first-order valence-corrected chi connectivity index (χ1v) is 11.5. The molecule has 0 aliphatic carbocycles. The first-order valence-electron chi connectivity index (χ1n) is 10.9. The number of carbonyl (C=O) groups is 5. The normalized spacial score (nSPS) is 14.3. The van der Waals surface area contributed by atoms with Crippen LogP contribution in [0.4, 0.5) is 0 Å². The van der Waals surface area contributed by atoms with E-state index in [9.17, 15) is 34.2 Å². The third-order valence-electron chi connectivity index (χ3n) is 5.05. The van der Waals surface area contributed by atoms with Crippen LogP contribution in [0.3, 0.4) is 0 Å². The number of carboxylic acid groups (broad SMARTS) is 2. The molecule has 4 atom stereocenters. The topological polar surface area (TPSA) is 208 Å². The van der Waals surface area contributed by atoms with E-state index < -0.39 is 66.2 Å². The monoisotopic (exact) mass is 512 g/mol. The zero-order valence-corrected chi connectivity index (χ0v) is 20.3. The molecule has 1 aromatic rings. The highest BCUT2D eigenvalue weighted by Gasteiger charge is 2.31.